The van der Waals surface area contributed by atoms with Gasteiger partial charge in [0.25, 0.3) is 0 Å². The fourth-order valence-corrected chi connectivity index (χ4v) is 7.71. The summed E-state index contributed by atoms with van der Waals surface area (Å²) in [7, 11) is -4.73. The topological polar surface area (TPSA) is 139 Å². The largest absolute Gasteiger partial charge is 0.417 e. The summed E-state index contributed by atoms with van der Waals surface area (Å²) < 4.78 is 66.2. The van der Waals surface area contributed by atoms with Crippen molar-refractivity contribution in [1.29, 1.82) is 0 Å². The normalized spacial score (nSPS) is 25.4. The molecule has 1 spiro atoms. The van der Waals surface area contributed by atoms with E-state index < -0.39 is 26.7 Å². The maximum atomic E-state index is 13.8. The van der Waals surface area contributed by atoms with Crippen molar-refractivity contribution in [2.45, 2.75) is 93.3 Å². The second kappa shape index (κ2) is 10.2. The van der Waals surface area contributed by atoms with E-state index in [9.17, 15) is 21.6 Å². The van der Waals surface area contributed by atoms with Gasteiger partial charge in [-0.05, 0) is 111 Å². The summed E-state index contributed by atoms with van der Waals surface area (Å²) in [5.74, 6) is -0.273. The molecule has 204 valence electrons. The number of hydrogen-bond donors (Lipinski definition) is 4. The molecule has 3 aliphatic rings. The lowest BCUT2D eigenvalue weighted by molar-refractivity contribution is -0.139. The van der Waals surface area contributed by atoms with Crippen LogP contribution in [0.25, 0.3) is 11.4 Å². The van der Waals surface area contributed by atoms with E-state index in [-0.39, 0.29) is 17.3 Å². The number of tetrazole rings is 1. The number of aromatic amines is 1. The molecule has 9 nitrogen and oxygen atoms in total. The van der Waals surface area contributed by atoms with Crippen LogP contribution in [-0.4, -0.2) is 54.2 Å². The van der Waals surface area contributed by atoms with Crippen LogP contribution < -0.4 is 15.8 Å². The molecule has 2 saturated carbocycles. The highest BCUT2D eigenvalue weighted by Gasteiger charge is 2.41. The van der Waals surface area contributed by atoms with Crippen LogP contribution in [-0.2, 0) is 16.2 Å². The molecule has 0 radical (unpaired) electrons. The van der Waals surface area contributed by atoms with Crippen LogP contribution in [0.1, 0.15) is 81.3 Å². The van der Waals surface area contributed by atoms with Crippen LogP contribution >= 0.6 is 0 Å². The van der Waals surface area contributed by atoms with Gasteiger partial charge in [-0.1, -0.05) is 6.07 Å². The molecule has 1 aliphatic heterocycles. The van der Waals surface area contributed by atoms with E-state index in [4.69, 9.17) is 5.14 Å². The summed E-state index contributed by atoms with van der Waals surface area (Å²) in [6.07, 6.45) is 5.65. The van der Waals surface area contributed by atoms with Crippen LogP contribution in [0.5, 0.6) is 0 Å². The molecule has 5 rings (SSSR count). The van der Waals surface area contributed by atoms with Gasteiger partial charge in [0.2, 0.25) is 10.0 Å². The minimum absolute atomic E-state index is 0.134. The van der Waals surface area contributed by atoms with Gasteiger partial charge >= 0.3 is 6.18 Å². The molecule has 3 fully saturated rings. The number of nitrogens with one attached hydrogen (secondary N) is 3. The third kappa shape index (κ3) is 5.69. The van der Waals surface area contributed by atoms with Crippen molar-refractivity contribution in [3.05, 3.63) is 23.3 Å². The lowest BCUT2D eigenvalue weighted by atomic mass is 9.67. The molecule has 1 saturated heterocycles. The Balaban J connectivity index is 1.32. The van der Waals surface area contributed by atoms with Gasteiger partial charge in [-0.25, -0.2) is 18.7 Å². The zero-order valence-electron chi connectivity index (χ0n) is 20.6. The lowest BCUT2D eigenvalue weighted by Crippen LogP contribution is -2.46. The van der Waals surface area contributed by atoms with E-state index in [0.29, 0.717) is 35.9 Å². The molecule has 2 heterocycles. The first-order valence-corrected chi connectivity index (χ1v) is 14.6. The Morgan fingerprint density at radius 1 is 0.973 bits per heavy atom. The van der Waals surface area contributed by atoms with Gasteiger partial charge in [0, 0.05) is 17.6 Å². The Morgan fingerprint density at radius 3 is 2.19 bits per heavy atom. The van der Waals surface area contributed by atoms with E-state index in [1.54, 1.807) is 0 Å². The van der Waals surface area contributed by atoms with Crippen LogP contribution in [0.3, 0.4) is 0 Å². The number of halogens is 3. The Bertz CT molecular complexity index is 1180. The van der Waals surface area contributed by atoms with Crippen molar-refractivity contribution in [2.75, 3.05) is 13.1 Å². The van der Waals surface area contributed by atoms with Gasteiger partial charge in [0.05, 0.1) is 5.56 Å². The predicted octanol–water partition coefficient (Wildman–Crippen LogP) is 3.46. The molecule has 0 atom stereocenters. The Labute approximate surface area is 214 Å². The smallest absolute Gasteiger partial charge is 0.317 e. The lowest BCUT2D eigenvalue weighted by Gasteiger charge is -2.44. The molecule has 0 unspecified atom stereocenters. The van der Waals surface area contributed by atoms with Crippen LogP contribution in [0, 0.1) is 5.41 Å². The summed E-state index contributed by atoms with van der Waals surface area (Å²) in [5, 5.41) is 25.7. The molecular formula is C24H34F3N7O2S. The van der Waals surface area contributed by atoms with Gasteiger partial charge in [0.1, 0.15) is 4.90 Å². The number of H-pyrrole nitrogens is 1. The molecule has 2 aliphatic carbocycles. The Hall–Kier alpha value is -2.09. The molecule has 0 amide bonds. The highest BCUT2D eigenvalue weighted by molar-refractivity contribution is 7.89. The van der Waals surface area contributed by atoms with Crippen LogP contribution in [0.4, 0.5) is 13.2 Å². The fourth-order valence-electron chi connectivity index (χ4n) is 6.72. The predicted molar refractivity (Wildman–Crippen MR) is 131 cm³/mol. The summed E-state index contributed by atoms with van der Waals surface area (Å²) in [6, 6.07) is 3.00. The molecular weight excluding hydrogens is 507 g/mol. The number of nitrogens with two attached hydrogens (primary N) is 1. The van der Waals surface area contributed by atoms with E-state index in [0.717, 1.165) is 32.0 Å². The van der Waals surface area contributed by atoms with Crippen molar-refractivity contribution >= 4 is 10.0 Å². The highest BCUT2D eigenvalue weighted by atomic mass is 32.2. The first kappa shape index (κ1) is 26.5. The summed E-state index contributed by atoms with van der Waals surface area (Å²) >= 11 is 0. The Kier molecular flexibility index (Phi) is 7.33. The molecule has 1 aromatic carbocycles. The van der Waals surface area contributed by atoms with Gasteiger partial charge in [0.15, 0.2) is 5.82 Å². The van der Waals surface area contributed by atoms with E-state index in [1.807, 2.05) is 0 Å². The number of piperidine rings is 1. The maximum Gasteiger partial charge on any atom is 0.417 e. The summed E-state index contributed by atoms with van der Waals surface area (Å²) in [5.41, 5.74) is -0.515. The minimum atomic E-state index is -4.91. The van der Waals surface area contributed by atoms with E-state index in [2.05, 4.69) is 31.3 Å². The van der Waals surface area contributed by atoms with Gasteiger partial charge in [-0.2, -0.15) is 13.2 Å². The minimum Gasteiger partial charge on any atom is -0.317 e. The summed E-state index contributed by atoms with van der Waals surface area (Å²) in [4.78, 5) is -0.981. The molecule has 5 N–H and O–H groups in total. The first-order chi connectivity index (χ1) is 17.6. The number of primary sulfonamides is 1. The third-order valence-electron chi connectivity index (χ3n) is 8.71. The number of nitrogens with zero attached hydrogens (tertiary/aromatic N) is 3. The molecule has 1 aromatic heterocycles. The molecule has 0 bridgehead atoms. The average Bonchev–Trinajstić information content (AvgIpc) is 3.39. The second-order valence-electron chi connectivity index (χ2n) is 10.9. The fraction of sp³-hybridized carbons (Fsp3) is 0.708. The van der Waals surface area contributed by atoms with E-state index >= 15 is 0 Å². The van der Waals surface area contributed by atoms with Gasteiger partial charge in [-0.15, -0.1) is 5.10 Å². The number of benzene rings is 1. The van der Waals surface area contributed by atoms with Crippen molar-refractivity contribution in [2.24, 2.45) is 10.6 Å². The standard InChI is InChI=1S/C24H34F3N7O2S/c25-24(26,27)19-6-5-18(20(21(19)37(28,35)36)22-31-33-34-32-22)15-1-3-16(4-2-15)30-17-7-9-23(10-8-17)11-13-29-14-12-23/h5-6,15-17,29-30H,1-4,7-14H2,(H2,28,35,36)(H,31,32,33,34)/t15-,16-. The van der Waals surface area contributed by atoms with Gasteiger partial charge in [-0.3, -0.25) is 0 Å². The quantitative estimate of drug-likeness (QED) is 0.455. The SMILES string of the molecule is NS(=O)(=O)c1c(C(F)(F)F)ccc([C@H]2CC[C@H](NC3CCC4(CCNCC4)CC3)CC2)c1-c1nnn[nH]1. The number of rotatable bonds is 5. The van der Waals surface area contributed by atoms with Gasteiger partial charge < -0.3 is 10.6 Å². The number of sulfonamides is 1. The van der Waals surface area contributed by atoms with Crippen molar-refractivity contribution in [3.8, 4) is 11.4 Å². The van der Waals surface area contributed by atoms with Crippen LogP contribution in [0.2, 0.25) is 0 Å². The zero-order valence-corrected chi connectivity index (χ0v) is 21.5. The average molecular weight is 542 g/mol. The number of alkyl halides is 3. The van der Waals surface area contributed by atoms with Crippen LogP contribution in [0.15, 0.2) is 17.0 Å². The monoisotopic (exact) mass is 541 g/mol. The second-order valence-corrected chi connectivity index (χ2v) is 12.4. The molecule has 13 heteroatoms. The number of hydrogen-bond acceptors (Lipinski definition) is 7. The third-order valence-corrected chi connectivity index (χ3v) is 9.70. The first-order valence-electron chi connectivity index (χ1n) is 13.0. The van der Waals surface area contributed by atoms with Crippen molar-refractivity contribution in [3.63, 3.8) is 0 Å². The van der Waals surface area contributed by atoms with Crippen molar-refractivity contribution in [1.82, 2.24) is 31.3 Å². The van der Waals surface area contributed by atoms with Crippen molar-refractivity contribution < 1.29 is 21.6 Å². The zero-order chi connectivity index (χ0) is 26.3. The Morgan fingerprint density at radius 2 is 1.62 bits per heavy atom. The van der Waals surface area contributed by atoms with E-state index in [1.165, 1.54) is 44.6 Å². The summed E-state index contributed by atoms with van der Waals surface area (Å²) in [6.45, 7) is 2.23. The molecule has 2 aromatic rings. The highest BCUT2D eigenvalue weighted by Crippen LogP contribution is 2.46. The number of aromatic nitrogens is 4. The molecule has 37 heavy (non-hydrogen) atoms. The maximum absolute atomic E-state index is 13.8.